The number of halogens is 1. The Morgan fingerprint density at radius 3 is 2.70 bits per heavy atom. The molecule has 0 saturated carbocycles. The molecule has 2 aromatic heterocycles. The van der Waals surface area contributed by atoms with Gasteiger partial charge < -0.3 is 10.2 Å². The van der Waals surface area contributed by atoms with Gasteiger partial charge in [-0.05, 0) is 30.5 Å². The molecule has 1 fully saturated rings. The second-order valence-electron chi connectivity index (χ2n) is 4.93. The van der Waals surface area contributed by atoms with E-state index in [9.17, 15) is 0 Å². The van der Waals surface area contributed by atoms with Gasteiger partial charge in [-0.25, -0.2) is 4.98 Å². The van der Waals surface area contributed by atoms with E-state index in [0.717, 1.165) is 30.2 Å². The van der Waals surface area contributed by atoms with E-state index in [1.807, 2.05) is 12.3 Å². The van der Waals surface area contributed by atoms with Crippen LogP contribution in [0.3, 0.4) is 0 Å². The molecule has 0 bridgehead atoms. The molecule has 20 heavy (non-hydrogen) atoms. The molecule has 3 rings (SSSR count). The lowest BCUT2D eigenvalue weighted by Crippen LogP contribution is -2.18. The second kappa shape index (κ2) is 6.09. The molecule has 0 aromatic carbocycles. The van der Waals surface area contributed by atoms with Crippen molar-refractivity contribution in [3.8, 4) is 0 Å². The predicted molar refractivity (Wildman–Crippen MR) is 82.3 cm³/mol. The fraction of sp³-hybridized carbons (Fsp3) is 0.333. The second-order valence-corrected chi connectivity index (χ2v) is 5.34. The molecule has 1 aliphatic heterocycles. The maximum absolute atomic E-state index is 6.05. The lowest BCUT2D eigenvalue weighted by atomic mass is 10.2. The summed E-state index contributed by atoms with van der Waals surface area (Å²) in [5, 5.41) is 3.93. The van der Waals surface area contributed by atoms with E-state index in [1.165, 1.54) is 12.8 Å². The van der Waals surface area contributed by atoms with Gasteiger partial charge in [0.05, 0.1) is 10.7 Å². The van der Waals surface area contributed by atoms with E-state index in [4.69, 9.17) is 11.6 Å². The highest BCUT2D eigenvalue weighted by Gasteiger charge is 2.12. The van der Waals surface area contributed by atoms with Gasteiger partial charge in [-0.1, -0.05) is 17.7 Å². The van der Waals surface area contributed by atoms with Crippen LogP contribution in [0.4, 0.5) is 11.5 Å². The number of hydrogen-bond acceptors (Lipinski definition) is 4. The molecule has 0 spiro atoms. The van der Waals surface area contributed by atoms with Gasteiger partial charge in [0.15, 0.2) is 0 Å². The van der Waals surface area contributed by atoms with E-state index < -0.39 is 0 Å². The highest BCUT2D eigenvalue weighted by Crippen LogP contribution is 2.21. The average Bonchev–Trinajstić information content (AvgIpc) is 3.01. The molecule has 1 saturated heterocycles. The third-order valence-electron chi connectivity index (χ3n) is 3.49. The smallest absolute Gasteiger partial charge is 0.128 e. The number of pyridine rings is 2. The van der Waals surface area contributed by atoms with Crippen LogP contribution in [0.25, 0.3) is 0 Å². The van der Waals surface area contributed by atoms with Gasteiger partial charge in [0.2, 0.25) is 0 Å². The average molecular weight is 289 g/mol. The molecule has 3 heterocycles. The van der Waals surface area contributed by atoms with Gasteiger partial charge in [-0.2, -0.15) is 0 Å². The van der Waals surface area contributed by atoms with E-state index >= 15 is 0 Å². The first kappa shape index (κ1) is 13.2. The van der Waals surface area contributed by atoms with Crippen LogP contribution in [0.1, 0.15) is 18.4 Å². The maximum atomic E-state index is 6.05. The van der Waals surface area contributed by atoms with Crippen molar-refractivity contribution in [3.05, 3.63) is 47.4 Å². The summed E-state index contributed by atoms with van der Waals surface area (Å²) in [5.74, 6) is 1.08. The standard InChI is InChI=1S/C15H17ClN4/c16-13-11-17-6-5-14(13)18-9-12-3-4-15(19-10-12)20-7-1-2-8-20/h3-6,10-11H,1-2,7-9H2,(H,17,18). The summed E-state index contributed by atoms with van der Waals surface area (Å²) in [5.41, 5.74) is 2.03. The first-order valence-corrected chi connectivity index (χ1v) is 7.24. The molecule has 0 aliphatic carbocycles. The summed E-state index contributed by atoms with van der Waals surface area (Å²) in [6.07, 6.45) is 7.83. The minimum absolute atomic E-state index is 0.633. The Kier molecular flexibility index (Phi) is 4.02. The van der Waals surface area contributed by atoms with E-state index in [0.29, 0.717) is 11.6 Å². The van der Waals surface area contributed by atoms with Gasteiger partial charge >= 0.3 is 0 Å². The molecule has 0 unspecified atom stereocenters. The molecule has 5 heteroatoms. The maximum Gasteiger partial charge on any atom is 0.128 e. The van der Waals surface area contributed by atoms with Gasteiger partial charge in [0.25, 0.3) is 0 Å². The number of nitrogens with one attached hydrogen (secondary N) is 1. The molecule has 0 atom stereocenters. The fourth-order valence-corrected chi connectivity index (χ4v) is 2.56. The van der Waals surface area contributed by atoms with Crippen molar-refractivity contribution < 1.29 is 0 Å². The van der Waals surface area contributed by atoms with Gasteiger partial charge in [0.1, 0.15) is 5.82 Å². The molecule has 1 aliphatic rings. The number of hydrogen-bond donors (Lipinski definition) is 1. The largest absolute Gasteiger partial charge is 0.380 e. The van der Waals surface area contributed by atoms with Crippen molar-refractivity contribution in [2.45, 2.75) is 19.4 Å². The molecule has 2 aromatic rings. The van der Waals surface area contributed by atoms with Crippen molar-refractivity contribution in [3.63, 3.8) is 0 Å². The van der Waals surface area contributed by atoms with Crippen LogP contribution in [0.2, 0.25) is 5.02 Å². The van der Waals surface area contributed by atoms with E-state index in [1.54, 1.807) is 12.4 Å². The molecule has 0 radical (unpaired) electrons. The van der Waals surface area contributed by atoms with Crippen LogP contribution in [0.15, 0.2) is 36.8 Å². The van der Waals surface area contributed by atoms with Crippen LogP contribution >= 0.6 is 11.6 Å². The van der Waals surface area contributed by atoms with Crippen LogP contribution in [0, 0.1) is 0 Å². The van der Waals surface area contributed by atoms with Gasteiger partial charge in [-0.15, -0.1) is 0 Å². The van der Waals surface area contributed by atoms with Gasteiger partial charge in [-0.3, -0.25) is 4.98 Å². The summed E-state index contributed by atoms with van der Waals surface area (Å²) in [7, 11) is 0. The quantitative estimate of drug-likeness (QED) is 0.937. The van der Waals surface area contributed by atoms with Crippen molar-refractivity contribution in [2.24, 2.45) is 0 Å². The van der Waals surface area contributed by atoms with Crippen LogP contribution < -0.4 is 10.2 Å². The van der Waals surface area contributed by atoms with Gasteiger partial charge in [0, 0.05) is 38.2 Å². The van der Waals surface area contributed by atoms with Crippen molar-refractivity contribution in [2.75, 3.05) is 23.3 Å². The molecular formula is C15H17ClN4. The topological polar surface area (TPSA) is 41.1 Å². The first-order chi connectivity index (χ1) is 9.83. The summed E-state index contributed by atoms with van der Waals surface area (Å²) >= 11 is 6.05. The normalized spacial score (nSPS) is 14.6. The van der Waals surface area contributed by atoms with Crippen molar-refractivity contribution in [1.29, 1.82) is 0 Å². The number of aromatic nitrogens is 2. The third-order valence-corrected chi connectivity index (χ3v) is 3.80. The summed E-state index contributed by atoms with van der Waals surface area (Å²) in [6, 6.07) is 6.08. The third kappa shape index (κ3) is 3.02. The Labute approximate surface area is 123 Å². The summed E-state index contributed by atoms with van der Waals surface area (Å²) in [4.78, 5) is 10.8. The Bertz CT molecular complexity index is 564. The Balaban J connectivity index is 1.62. The number of anilines is 2. The summed E-state index contributed by atoms with van der Waals surface area (Å²) in [6.45, 7) is 2.95. The lowest BCUT2D eigenvalue weighted by molar-refractivity contribution is 0.932. The minimum atomic E-state index is 0.633. The Morgan fingerprint density at radius 1 is 1.15 bits per heavy atom. The zero-order valence-corrected chi connectivity index (χ0v) is 12.0. The van der Waals surface area contributed by atoms with Crippen LogP contribution in [-0.4, -0.2) is 23.1 Å². The monoisotopic (exact) mass is 288 g/mol. The molecular weight excluding hydrogens is 272 g/mol. The highest BCUT2D eigenvalue weighted by molar-refractivity contribution is 6.33. The zero-order chi connectivity index (χ0) is 13.8. The lowest BCUT2D eigenvalue weighted by Gasteiger charge is -2.16. The van der Waals surface area contributed by atoms with E-state index in [-0.39, 0.29) is 0 Å². The van der Waals surface area contributed by atoms with Crippen molar-refractivity contribution in [1.82, 2.24) is 9.97 Å². The number of rotatable bonds is 4. The first-order valence-electron chi connectivity index (χ1n) is 6.86. The molecule has 1 N–H and O–H groups in total. The highest BCUT2D eigenvalue weighted by atomic mass is 35.5. The summed E-state index contributed by atoms with van der Waals surface area (Å²) < 4.78 is 0. The van der Waals surface area contributed by atoms with Crippen LogP contribution in [0.5, 0.6) is 0 Å². The Morgan fingerprint density at radius 2 is 2.00 bits per heavy atom. The number of nitrogens with zero attached hydrogens (tertiary/aromatic N) is 3. The van der Waals surface area contributed by atoms with Crippen molar-refractivity contribution >= 4 is 23.1 Å². The minimum Gasteiger partial charge on any atom is -0.380 e. The molecule has 104 valence electrons. The van der Waals surface area contributed by atoms with E-state index in [2.05, 4.69) is 32.3 Å². The molecule has 4 nitrogen and oxygen atoms in total. The Hall–Kier alpha value is -1.81. The SMILES string of the molecule is Clc1cnccc1NCc1ccc(N2CCCC2)nc1. The zero-order valence-electron chi connectivity index (χ0n) is 11.2. The fourth-order valence-electron chi connectivity index (χ4n) is 2.37. The molecule has 0 amide bonds. The van der Waals surface area contributed by atoms with Crippen LogP contribution in [-0.2, 0) is 6.54 Å². The predicted octanol–water partition coefficient (Wildman–Crippen LogP) is 3.34.